The molecule has 3 aliphatic rings. The lowest BCUT2D eigenvalue weighted by Gasteiger charge is -2.26. The van der Waals surface area contributed by atoms with Gasteiger partial charge in [-0.3, -0.25) is 0 Å². The van der Waals surface area contributed by atoms with Crippen LogP contribution in [0.25, 0.3) is 11.3 Å². The first kappa shape index (κ1) is 17.2. The number of hydrogen-bond acceptors (Lipinski definition) is 6. The van der Waals surface area contributed by atoms with Crippen molar-refractivity contribution in [1.29, 1.82) is 0 Å². The van der Waals surface area contributed by atoms with Gasteiger partial charge in [0.15, 0.2) is 5.82 Å². The summed E-state index contributed by atoms with van der Waals surface area (Å²) in [6, 6.07) is 5.60. The van der Waals surface area contributed by atoms with E-state index in [2.05, 4.69) is 10.2 Å². The molecule has 1 aromatic carbocycles. The zero-order valence-electron chi connectivity index (χ0n) is 15.0. The number of nitrogens with two attached hydrogens (primary N) is 1. The molecule has 2 unspecified atom stereocenters. The molecule has 2 atom stereocenters. The van der Waals surface area contributed by atoms with Gasteiger partial charge in [0, 0.05) is 17.5 Å². The Labute approximate surface area is 153 Å². The van der Waals surface area contributed by atoms with E-state index in [1.54, 1.807) is 6.07 Å². The monoisotopic (exact) mass is 355 g/mol. The van der Waals surface area contributed by atoms with E-state index in [1.807, 2.05) is 19.1 Å². The second-order valence-corrected chi connectivity index (χ2v) is 7.46. The summed E-state index contributed by atoms with van der Waals surface area (Å²) in [5.41, 5.74) is 10.5. The van der Waals surface area contributed by atoms with Crippen LogP contribution < -0.4 is 5.73 Å². The average Bonchev–Trinajstić information content (AvgIpc) is 2.96. The van der Waals surface area contributed by atoms with Crippen molar-refractivity contribution < 1.29 is 14.9 Å². The number of anilines is 1. The number of aliphatic hydroxyl groups is 1. The number of rotatable bonds is 1. The topological polar surface area (TPSA) is 101 Å². The summed E-state index contributed by atoms with van der Waals surface area (Å²) >= 11 is 0. The smallest absolute Gasteiger partial charge is 0.152 e. The Hall–Kier alpha value is -2.18. The predicted octanol–water partition coefficient (Wildman–Crippen LogP) is 3.05. The van der Waals surface area contributed by atoms with Gasteiger partial charge in [0.05, 0.1) is 18.3 Å². The maximum absolute atomic E-state index is 10.2. The molecule has 1 saturated carbocycles. The molecule has 3 heterocycles. The highest BCUT2D eigenvalue weighted by atomic mass is 16.5. The van der Waals surface area contributed by atoms with Gasteiger partial charge in [-0.05, 0) is 62.3 Å². The molecule has 1 saturated heterocycles. The fourth-order valence-electron chi connectivity index (χ4n) is 3.81. The first-order valence-corrected chi connectivity index (χ1v) is 9.31. The Balaban J connectivity index is 0.000000292. The van der Waals surface area contributed by atoms with E-state index < -0.39 is 0 Å². The summed E-state index contributed by atoms with van der Waals surface area (Å²) in [5.74, 6) is 0.681. The zero-order chi connectivity index (χ0) is 18.3. The Kier molecular flexibility index (Phi) is 4.54. The number of aromatic nitrogens is 2. The van der Waals surface area contributed by atoms with Crippen molar-refractivity contribution in [2.75, 3.05) is 5.73 Å². The number of fused-ring (bicyclic) bond motifs is 4. The lowest BCUT2D eigenvalue weighted by atomic mass is 9.94. The van der Waals surface area contributed by atoms with Gasteiger partial charge in [-0.1, -0.05) is 6.07 Å². The van der Waals surface area contributed by atoms with E-state index >= 15 is 0 Å². The molecule has 138 valence electrons. The predicted molar refractivity (Wildman–Crippen MR) is 98.7 cm³/mol. The van der Waals surface area contributed by atoms with E-state index in [9.17, 15) is 5.11 Å². The highest BCUT2D eigenvalue weighted by Gasteiger charge is 2.37. The summed E-state index contributed by atoms with van der Waals surface area (Å²) in [6.07, 6.45) is 6.45. The fraction of sp³-hybridized carbons (Fsp3) is 0.500. The summed E-state index contributed by atoms with van der Waals surface area (Å²) in [7, 11) is 0. The SMILES string of the molecule is Cc1ccc(-c2nnc(N)c3c2CC2CCC3O2)c(O)c1.OC1CCC1. The maximum atomic E-state index is 10.2. The maximum Gasteiger partial charge on any atom is 0.152 e. The Morgan fingerprint density at radius 2 is 1.92 bits per heavy atom. The number of aromatic hydroxyl groups is 1. The molecule has 0 amide bonds. The molecular weight excluding hydrogens is 330 g/mol. The van der Waals surface area contributed by atoms with Crippen LogP contribution in [0.1, 0.15) is 54.9 Å². The third-order valence-electron chi connectivity index (χ3n) is 5.49. The number of phenols is 1. The molecule has 2 aliphatic heterocycles. The minimum Gasteiger partial charge on any atom is -0.507 e. The number of hydrogen-bond donors (Lipinski definition) is 3. The van der Waals surface area contributed by atoms with Crippen molar-refractivity contribution >= 4 is 5.82 Å². The van der Waals surface area contributed by atoms with E-state index in [4.69, 9.17) is 15.6 Å². The minimum atomic E-state index is 0.0283. The van der Waals surface area contributed by atoms with E-state index in [0.717, 1.165) is 54.5 Å². The molecule has 1 aromatic heterocycles. The Morgan fingerprint density at radius 3 is 2.58 bits per heavy atom. The lowest BCUT2D eigenvalue weighted by molar-refractivity contribution is 0.0326. The van der Waals surface area contributed by atoms with Crippen molar-refractivity contribution in [3.8, 4) is 17.0 Å². The minimum absolute atomic E-state index is 0.0283. The highest BCUT2D eigenvalue weighted by molar-refractivity contribution is 5.73. The normalized spacial score (nSPS) is 23.6. The summed E-state index contributed by atoms with van der Waals surface area (Å²) < 4.78 is 5.93. The molecule has 6 heteroatoms. The van der Waals surface area contributed by atoms with Gasteiger partial charge in [0.25, 0.3) is 0 Å². The third-order valence-corrected chi connectivity index (χ3v) is 5.49. The quantitative estimate of drug-likeness (QED) is 0.727. The number of aliphatic hydroxyl groups excluding tert-OH is 1. The van der Waals surface area contributed by atoms with Crippen LogP contribution in [-0.4, -0.2) is 32.6 Å². The van der Waals surface area contributed by atoms with Crippen LogP contribution in [0, 0.1) is 6.92 Å². The fourth-order valence-corrected chi connectivity index (χ4v) is 3.81. The first-order valence-electron chi connectivity index (χ1n) is 9.31. The molecule has 4 N–H and O–H groups in total. The average molecular weight is 355 g/mol. The largest absolute Gasteiger partial charge is 0.507 e. The summed E-state index contributed by atoms with van der Waals surface area (Å²) in [5, 5.41) is 27.0. The van der Waals surface area contributed by atoms with Crippen molar-refractivity contribution in [2.45, 2.75) is 63.8 Å². The van der Waals surface area contributed by atoms with Gasteiger partial charge in [-0.15, -0.1) is 10.2 Å². The molecule has 6 nitrogen and oxygen atoms in total. The van der Waals surface area contributed by atoms with Crippen molar-refractivity contribution in [3.63, 3.8) is 0 Å². The van der Waals surface area contributed by atoms with Gasteiger partial charge < -0.3 is 20.7 Å². The van der Waals surface area contributed by atoms with Crippen LogP contribution in [0.15, 0.2) is 18.2 Å². The number of aryl methyl sites for hydroxylation is 1. The molecule has 0 radical (unpaired) electrons. The zero-order valence-corrected chi connectivity index (χ0v) is 15.0. The number of benzene rings is 1. The third kappa shape index (κ3) is 3.15. The van der Waals surface area contributed by atoms with Gasteiger partial charge >= 0.3 is 0 Å². The highest BCUT2D eigenvalue weighted by Crippen LogP contribution is 2.46. The van der Waals surface area contributed by atoms with Crippen LogP contribution in [0.2, 0.25) is 0 Å². The molecule has 2 fully saturated rings. The van der Waals surface area contributed by atoms with Crippen molar-refractivity contribution in [2.24, 2.45) is 0 Å². The summed E-state index contributed by atoms with van der Waals surface area (Å²) in [6.45, 7) is 1.95. The van der Waals surface area contributed by atoms with Crippen LogP contribution in [-0.2, 0) is 11.2 Å². The second-order valence-electron chi connectivity index (χ2n) is 7.46. The van der Waals surface area contributed by atoms with Gasteiger partial charge in [-0.25, -0.2) is 0 Å². The summed E-state index contributed by atoms with van der Waals surface area (Å²) in [4.78, 5) is 0. The lowest BCUT2D eigenvalue weighted by Crippen LogP contribution is -2.21. The van der Waals surface area contributed by atoms with E-state index in [-0.39, 0.29) is 24.1 Å². The van der Waals surface area contributed by atoms with Gasteiger partial charge in [-0.2, -0.15) is 0 Å². The second kappa shape index (κ2) is 6.85. The number of nitrogens with zero attached hydrogens (tertiary/aromatic N) is 2. The molecular formula is C20H25N3O3. The van der Waals surface area contributed by atoms with Gasteiger partial charge in [0.1, 0.15) is 11.4 Å². The Morgan fingerprint density at radius 1 is 1.15 bits per heavy atom. The van der Waals surface area contributed by atoms with Crippen LogP contribution >= 0.6 is 0 Å². The first-order chi connectivity index (χ1) is 12.5. The van der Waals surface area contributed by atoms with Crippen LogP contribution in [0.4, 0.5) is 5.82 Å². The molecule has 2 bridgehead atoms. The Bertz CT molecular complexity index is 820. The van der Waals surface area contributed by atoms with Gasteiger partial charge in [0.2, 0.25) is 0 Å². The number of ether oxygens (including phenoxy) is 1. The molecule has 0 spiro atoms. The van der Waals surface area contributed by atoms with Crippen LogP contribution in [0.3, 0.4) is 0 Å². The molecule has 1 aliphatic carbocycles. The van der Waals surface area contributed by atoms with Crippen molar-refractivity contribution in [3.05, 3.63) is 34.9 Å². The molecule has 2 aromatic rings. The standard InChI is InChI=1S/C16H17N3O2.C4H8O/c1-8-2-4-10(12(20)6-8)15-11-7-9-3-5-13(21-9)14(11)16(17)19-18-15;5-4-2-1-3-4/h2,4,6,9,13,20H,3,5,7H2,1H3,(H2,17,19);4-5H,1-3H2. The van der Waals surface area contributed by atoms with Crippen molar-refractivity contribution in [1.82, 2.24) is 10.2 Å². The van der Waals surface area contributed by atoms with E-state index in [0.29, 0.717) is 11.4 Å². The number of nitrogen functional groups attached to an aromatic ring is 1. The van der Waals surface area contributed by atoms with Crippen LogP contribution in [0.5, 0.6) is 5.75 Å². The molecule has 5 rings (SSSR count). The van der Waals surface area contributed by atoms with E-state index in [1.165, 1.54) is 6.42 Å². The number of phenolic OH excluding ortho intramolecular Hbond substituents is 1. The molecule has 26 heavy (non-hydrogen) atoms.